The second-order valence-electron chi connectivity index (χ2n) is 25.6. The first-order valence-electron chi connectivity index (χ1n) is 37.1. The van der Waals surface area contributed by atoms with E-state index in [0.29, 0.717) is 19.4 Å². The van der Waals surface area contributed by atoms with Crippen molar-refractivity contribution in [2.45, 2.75) is 431 Å². The maximum absolute atomic E-state index is 12.5. The van der Waals surface area contributed by atoms with Gasteiger partial charge in [0.2, 0.25) is 5.91 Å². The lowest BCUT2D eigenvalue weighted by molar-refractivity contribution is -0.143. The Morgan fingerprint density at radius 2 is 0.580 bits per heavy atom. The van der Waals surface area contributed by atoms with Gasteiger partial charge >= 0.3 is 5.97 Å². The summed E-state index contributed by atoms with van der Waals surface area (Å²) in [5, 5.41) is 23.2. The van der Waals surface area contributed by atoms with Gasteiger partial charge in [-0.25, -0.2) is 0 Å². The van der Waals surface area contributed by atoms with E-state index >= 15 is 0 Å². The number of nitrogens with one attached hydrogen (secondary N) is 1. The number of unbranched alkanes of at least 4 members (excludes halogenated alkanes) is 57. The predicted molar refractivity (Wildman–Crippen MR) is 356 cm³/mol. The molecule has 0 saturated heterocycles. The van der Waals surface area contributed by atoms with E-state index in [4.69, 9.17) is 4.74 Å². The zero-order chi connectivity index (χ0) is 58.5. The van der Waals surface area contributed by atoms with Crippen LogP contribution < -0.4 is 5.32 Å². The van der Waals surface area contributed by atoms with Gasteiger partial charge < -0.3 is 20.3 Å². The highest BCUT2D eigenvalue weighted by atomic mass is 16.5. The molecule has 0 aliphatic carbocycles. The van der Waals surface area contributed by atoms with Crippen molar-refractivity contribution in [1.82, 2.24) is 5.32 Å². The summed E-state index contributed by atoms with van der Waals surface area (Å²) in [5.41, 5.74) is 0. The summed E-state index contributed by atoms with van der Waals surface area (Å²) in [6, 6.07) is -0.625. The zero-order valence-electron chi connectivity index (χ0n) is 55.0. The van der Waals surface area contributed by atoms with Crippen LogP contribution in [0.3, 0.4) is 0 Å². The SMILES string of the molecule is CCCCCC/C=C\CCCCCCCC(=O)OCCCCCCCCCCCCCCCCCCCCCCCCCCCCCCCCCCC(=O)NC(CO)C(O)/C=C/CCCCCCCCCCCCCCCCCCC. The minimum atomic E-state index is -0.842. The number of aliphatic hydroxyl groups is 2. The van der Waals surface area contributed by atoms with Crippen LogP contribution in [0.2, 0.25) is 0 Å². The van der Waals surface area contributed by atoms with Crippen molar-refractivity contribution in [2.24, 2.45) is 0 Å². The molecule has 0 fully saturated rings. The van der Waals surface area contributed by atoms with Gasteiger partial charge in [-0.3, -0.25) is 9.59 Å². The number of carbonyl (C=O) groups excluding carboxylic acids is 2. The minimum absolute atomic E-state index is 0.0123. The number of ether oxygens (including phenoxy) is 1. The molecule has 0 bridgehead atoms. The Balaban J connectivity index is 3.34. The van der Waals surface area contributed by atoms with Gasteiger partial charge in [0, 0.05) is 12.8 Å². The van der Waals surface area contributed by atoms with Crippen LogP contribution in [0.1, 0.15) is 418 Å². The van der Waals surface area contributed by atoms with Crippen molar-refractivity contribution in [3.63, 3.8) is 0 Å². The lowest BCUT2D eigenvalue weighted by Gasteiger charge is -2.20. The van der Waals surface area contributed by atoms with Gasteiger partial charge in [0.25, 0.3) is 0 Å². The Morgan fingerprint density at radius 3 is 0.889 bits per heavy atom. The Kier molecular flexibility index (Phi) is 69.4. The predicted octanol–water partition coefficient (Wildman–Crippen LogP) is 24.1. The molecule has 0 aromatic carbocycles. The lowest BCUT2D eigenvalue weighted by Crippen LogP contribution is -2.45. The molecular weight excluding hydrogens is 995 g/mol. The number of hydrogen-bond donors (Lipinski definition) is 3. The normalized spacial score (nSPS) is 12.6. The van der Waals surface area contributed by atoms with Crippen LogP contribution in [0.4, 0.5) is 0 Å². The number of hydrogen-bond acceptors (Lipinski definition) is 5. The zero-order valence-corrected chi connectivity index (χ0v) is 55.0. The molecular formula is C75H145NO5. The first-order chi connectivity index (χ1) is 40.0. The summed E-state index contributed by atoms with van der Waals surface area (Å²) in [6.45, 7) is 4.93. The van der Waals surface area contributed by atoms with E-state index in [2.05, 4.69) is 31.3 Å². The molecule has 0 heterocycles. The molecule has 0 aromatic rings. The summed E-state index contributed by atoms with van der Waals surface area (Å²) in [5.74, 6) is -0.0471. The molecule has 6 heteroatoms. The molecule has 3 N–H and O–H groups in total. The molecule has 2 atom stereocenters. The van der Waals surface area contributed by atoms with E-state index < -0.39 is 12.1 Å². The van der Waals surface area contributed by atoms with Gasteiger partial charge in [0.05, 0.1) is 25.4 Å². The van der Waals surface area contributed by atoms with Gasteiger partial charge in [-0.15, -0.1) is 0 Å². The number of allylic oxidation sites excluding steroid dienone is 3. The van der Waals surface area contributed by atoms with Crippen LogP contribution in [0.5, 0.6) is 0 Å². The lowest BCUT2D eigenvalue weighted by atomic mass is 10.0. The average Bonchev–Trinajstić information content (AvgIpc) is 3.47. The highest BCUT2D eigenvalue weighted by Gasteiger charge is 2.18. The monoisotopic (exact) mass is 1140 g/mol. The van der Waals surface area contributed by atoms with E-state index in [1.807, 2.05) is 6.08 Å². The minimum Gasteiger partial charge on any atom is -0.466 e. The molecule has 480 valence electrons. The second kappa shape index (κ2) is 70.8. The third-order valence-corrected chi connectivity index (χ3v) is 17.5. The number of rotatable bonds is 70. The van der Waals surface area contributed by atoms with Crippen LogP contribution in [-0.4, -0.2) is 47.4 Å². The quantitative estimate of drug-likeness (QED) is 0.0320. The van der Waals surface area contributed by atoms with Gasteiger partial charge in [-0.05, 0) is 57.8 Å². The largest absolute Gasteiger partial charge is 0.466 e. The number of esters is 1. The van der Waals surface area contributed by atoms with E-state index in [1.165, 1.54) is 347 Å². The first-order valence-corrected chi connectivity index (χ1v) is 37.1. The molecule has 2 unspecified atom stereocenters. The average molecular weight is 1140 g/mol. The number of amides is 1. The van der Waals surface area contributed by atoms with E-state index in [9.17, 15) is 19.8 Å². The molecule has 0 aliphatic heterocycles. The fraction of sp³-hybridized carbons (Fsp3) is 0.920. The standard InChI is InChI=1S/C75H145NO5/c1-3-5-7-9-11-13-15-17-18-19-34-37-40-44-47-51-55-59-63-67-73(78)72(71-77)76-74(79)68-64-60-56-52-48-45-41-38-35-32-30-28-26-24-22-20-21-23-25-27-29-31-33-36-39-42-46-50-54-58-62-66-70-81-75(80)69-65-61-57-53-49-43-16-14-12-10-8-6-4-2/h14,16,63,67,72-73,77-78H,3-13,15,17-62,64-66,68-71H2,1-2H3,(H,76,79)/b16-14-,67-63+. The molecule has 81 heavy (non-hydrogen) atoms. The highest BCUT2D eigenvalue weighted by Crippen LogP contribution is 2.19. The Bertz CT molecular complexity index is 1270. The van der Waals surface area contributed by atoms with Crippen molar-refractivity contribution >= 4 is 11.9 Å². The molecule has 1 amide bonds. The Hall–Kier alpha value is -1.66. The van der Waals surface area contributed by atoms with E-state index in [1.54, 1.807) is 6.08 Å². The third-order valence-electron chi connectivity index (χ3n) is 17.5. The number of aliphatic hydroxyl groups excluding tert-OH is 2. The van der Waals surface area contributed by atoms with E-state index in [0.717, 1.165) is 44.9 Å². The summed E-state index contributed by atoms with van der Waals surface area (Å²) in [4.78, 5) is 24.6. The molecule has 0 spiro atoms. The maximum atomic E-state index is 12.5. The smallest absolute Gasteiger partial charge is 0.305 e. The molecule has 0 radical (unpaired) electrons. The van der Waals surface area contributed by atoms with Gasteiger partial charge in [-0.2, -0.15) is 0 Å². The van der Waals surface area contributed by atoms with Crippen molar-refractivity contribution in [3.05, 3.63) is 24.3 Å². The van der Waals surface area contributed by atoms with Crippen LogP contribution >= 0.6 is 0 Å². The van der Waals surface area contributed by atoms with Crippen LogP contribution in [0.25, 0.3) is 0 Å². The summed E-state index contributed by atoms with van der Waals surface area (Å²) in [7, 11) is 0. The Morgan fingerprint density at radius 1 is 0.333 bits per heavy atom. The highest BCUT2D eigenvalue weighted by molar-refractivity contribution is 5.76. The first kappa shape index (κ1) is 79.3. The molecule has 0 rings (SSSR count). The van der Waals surface area contributed by atoms with Gasteiger partial charge in [0.1, 0.15) is 0 Å². The fourth-order valence-electron chi connectivity index (χ4n) is 11.8. The summed E-state index contributed by atoms with van der Waals surface area (Å²) >= 11 is 0. The van der Waals surface area contributed by atoms with Crippen molar-refractivity contribution in [3.8, 4) is 0 Å². The molecule has 0 aromatic heterocycles. The van der Waals surface area contributed by atoms with Crippen molar-refractivity contribution < 1.29 is 24.5 Å². The Labute approximate surface area is 507 Å². The topological polar surface area (TPSA) is 95.9 Å². The molecule has 0 aliphatic rings. The van der Waals surface area contributed by atoms with Gasteiger partial charge in [0.15, 0.2) is 0 Å². The summed E-state index contributed by atoms with van der Waals surface area (Å²) in [6.07, 6.45) is 89.9. The molecule has 6 nitrogen and oxygen atoms in total. The van der Waals surface area contributed by atoms with Gasteiger partial charge in [-0.1, -0.05) is 372 Å². The van der Waals surface area contributed by atoms with Crippen LogP contribution in [-0.2, 0) is 14.3 Å². The van der Waals surface area contributed by atoms with Crippen molar-refractivity contribution in [2.75, 3.05) is 13.2 Å². The van der Waals surface area contributed by atoms with Crippen LogP contribution in [0, 0.1) is 0 Å². The van der Waals surface area contributed by atoms with Crippen molar-refractivity contribution in [1.29, 1.82) is 0 Å². The second-order valence-corrected chi connectivity index (χ2v) is 25.6. The maximum Gasteiger partial charge on any atom is 0.305 e. The number of carbonyl (C=O) groups is 2. The summed E-state index contributed by atoms with van der Waals surface area (Å²) < 4.78 is 5.49. The fourth-order valence-corrected chi connectivity index (χ4v) is 11.8. The van der Waals surface area contributed by atoms with E-state index in [-0.39, 0.29) is 18.5 Å². The third kappa shape index (κ3) is 67.3. The van der Waals surface area contributed by atoms with Crippen LogP contribution in [0.15, 0.2) is 24.3 Å². The molecule has 0 saturated carbocycles.